The van der Waals surface area contributed by atoms with Gasteiger partial charge in [0.2, 0.25) is 5.72 Å². The number of fused-ring (bicyclic) bond motifs is 4. The van der Waals surface area contributed by atoms with Crippen molar-refractivity contribution < 1.29 is 14.3 Å². The zero-order valence-corrected chi connectivity index (χ0v) is 19.1. The van der Waals surface area contributed by atoms with Crippen molar-refractivity contribution in [2.24, 2.45) is 4.99 Å². The van der Waals surface area contributed by atoms with E-state index in [1.54, 1.807) is 0 Å². The predicted molar refractivity (Wildman–Crippen MR) is 133 cm³/mol. The molecule has 5 heteroatoms. The molecule has 0 bridgehead atoms. The highest BCUT2D eigenvalue weighted by molar-refractivity contribution is 5.99. The highest BCUT2D eigenvalue weighted by Gasteiger charge is 2.59. The fourth-order valence-corrected chi connectivity index (χ4v) is 5.05. The van der Waals surface area contributed by atoms with Gasteiger partial charge in [0.25, 0.3) is 0 Å². The van der Waals surface area contributed by atoms with Crippen molar-refractivity contribution in [1.29, 1.82) is 0 Å². The molecule has 168 valence electrons. The van der Waals surface area contributed by atoms with E-state index in [1.807, 2.05) is 24.4 Å². The van der Waals surface area contributed by atoms with Crippen LogP contribution in [0.2, 0.25) is 0 Å². The Kier molecular flexibility index (Phi) is 5.20. The van der Waals surface area contributed by atoms with Crippen molar-refractivity contribution in [2.45, 2.75) is 37.8 Å². The Labute approximate surface area is 194 Å². The lowest BCUT2D eigenvalue weighted by Crippen LogP contribution is -2.62. The zero-order chi connectivity index (χ0) is 23.1. The molecule has 0 saturated carbocycles. The molecule has 0 fully saturated rings. The summed E-state index contributed by atoms with van der Waals surface area (Å²) in [4.78, 5) is 18.7. The largest absolute Gasteiger partial charge is 0.463 e. The van der Waals surface area contributed by atoms with Crippen LogP contribution in [0.1, 0.15) is 32.3 Å². The van der Waals surface area contributed by atoms with Gasteiger partial charge in [0.15, 0.2) is 0 Å². The maximum absolute atomic E-state index is 11.3. The van der Waals surface area contributed by atoms with Crippen LogP contribution in [0.25, 0.3) is 10.8 Å². The predicted octanol–water partition coefficient (Wildman–Crippen LogP) is 5.94. The van der Waals surface area contributed by atoms with E-state index in [1.165, 1.54) is 11.6 Å². The summed E-state index contributed by atoms with van der Waals surface area (Å²) in [6.07, 6.45) is 4.78. The van der Waals surface area contributed by atoms with Crippen molar-refractivity contribution in [3.05, 3.63) is 78.9 Å². The lowest BCUT2D eigenvalue weighted by Gasteiger charge is -2.46. The second kappa shape index (κ2) is 8.07. The lowest BCUT2D eigenvalue weighted by molar-refractivity contribution is -0.137. The first-order chi connectivity index (χ1) is 16.0. The molecule has 0 N–H and O–H groups in total. The zero-order valence-electron chi connectivity index (χ0n) is 19.1. The van der Waals surface area contributed by atoms with Crippen LogP contribution in [0.15, 0.2) is 78.3 Å². The molecule has 1 unspecified atom stereocenters. The van der Waals surface area contributed by atoms with Gasteiger partial charge in [-0.15, -0.1) is 0 Å². The van der Waals surface area contributed by atoms with E-state index in [-0.39, 0.29) is 11.4 Å². The number of esters is 1. The highest BCUT2D eigenvalue weighted by atomic mass is 16.5. The van der Waals surface area contributed by atoms with Crippen LogP contribution in [0.3, 0.4) is 0 Å². The molecular weight excluding hydrogens is 412 g/mol. The molecule has 5 nitrogen and oxygen atoms in total. The Bertz CT molecular complexity index is 1260. The summed E-state index contributed by atoms with van der Waals surface area (Å²) in [6, 6.07) is 20.8. The molecule has 1 atom stereocenters. The first kappa shape index (κ1) is 21.3. The molecule has 0 aromatic heterocycles. The number of benzene rings is 3. The number of carbonyl (C=O) groups is 1. The van der Waals surface area contributed by atoms with Gasteiger partial charge in [0, 0.05) is 23.7 Å². The Morgan fingerprint density at radius 1 is 1.09 bits per heavy atom. The number of nitrogens with zero attached hydrogens (tertiary/aromatic N) is 2. The van der Waals surface area contributed by atoms with E-state index in [4.69, 9.17) is 14.5 Å². The van der Waals surface area contributed by atoms with Gasteiger partial charge >= 0.3 is 5.97 Å². The molecule has 3 aromatic carbocycles. The molecule has 2 aliphatic heterocycles. The van der Waals surface area contributed by atoms with Gasteiger partial charge in [-0.05, 0) is 49.8 Å². The Morgan fingerprint density at radius 2 is 1.88 bits per heavy atom. The standard InChI is InChI=1S/C28H28N2O3/c1-4-25(31)32-18-10-9-17-30-23-14-8-7-13-22(23)27(2,3)28(30)19-29-26-21-12-6-5-11-20(21)15-16-24(26)33-28/h4-8,11-16,19H,1,9-10,17-18H2,2-3H3. The quantitative estimate of drug-likeness (QED) is 0.270. The minimum absolute atomic E-state index is 0.328. The molecule has 5 rings (SSSR count). The van der Waals surface area contributed by atoms with E-state index in [2.05, 4.69) is 67.8 Å². The van der Waals surface area contributed by atoms with Crippen molar-refractivity contribution >= 4 is 34.3 Å². The Hall–Kier alpha value is -3.60. The SMILES string of the molecule is C=CC(=O)OCCCCN1c2ccccc2C(C)(C)C12C=Nc1c(ccc3ccccc13)O2. The van der Waals surface area contributed by atoms with E-state index < -0.39 is 5.72 Å². The number of aliphatic imine (C=N–C) groups is 1. The van der Waals surface area contributed by atoms with E-state index >= 15 is 0 Å². The van der Waals surface area contributed by atoms with Gasteiger partial charge in [0.1, 0.15) is 11.4 Å². The Balaban J connectivity index is 1.49. The second-order valence-electron chi connectivity index (χ2n) is 9.06. The van der Waals surface area contributed by atoms with Gasteiger partial charge in [0.05, 0.1) is 18.2 Å². The first-order valence-electron chi connectivity index (χ1n) is 11.4. The van der Waals surface area contributed by atoms with Crippen LogP contribution >= 0.6 is 0 Å². The summed E-state index contributed by atoms with van der Waals surface area (Å²) < 4.78 is 12.0. The maximum atomic E-state index is 11.3. The average molecular weight is 441 g/mol. The average Bonchev–Trinajstić information content (AvgIpc) is 3.02. The van der Waals surface area contributed by atoms with Crippen LogP contribution in [0.5, 0.6) is 5.75 Å². The Morgan fingerprint density at radius 3 is 2.73 bits per heavy atom. The number of hydrogen-bond donors (Lipinski definition) is 0. The molecular formula is C28H28N2O3. The summed E-state index contributed by atoms with van der Waals surface area (Å²) >= 11 is 0. The van der Waals surface area contributed by atoms with Gasteiger partial charge in [-0.2, -0.15) is 0 Å². The molecule has 0 radical (unpaired) electrons. The second-order valence-corrected chi connectivity index (χ2v) is 9.06. The van der Waals surface area contributed by atoms with Crippen LogP contribution in [-0.4, -0.2) is 31.1 Å². The number of ether oxygens (including phenoxy) is 2. The fourth-order valence-electron chi connectivity index (χ4n) is 5.05. The third kappa shape index (κ3) is 3.30. The van der Waals surface area contributed by atoms with Crippen molar-refractivity contribution in [3.8, 4) is 5.75 Å². The maximum Gasteiger partial charge on any atom is 0.330 e. The summed E-state index contributed by atoms with van der Waals surface area (Å²) in [5, 5.41) is 2.23. The summed E-state index contributed by atoms with van der Waals surface area (Å²) in [6.45, 7) is 9.01. The van der Waals surface area contributed by atoms with E-state index in [0.29, 0.717) is 6.61 Å². The number of unbranched alkanes of at least 4 members (excludes halogenated alkanes) is 1. The topological polar surface area (TPSA) is 51.1 Å². The number of para-hydroxylation sites is 1. The fraction of sp³-hybridized carbons (Fsp3) is 0.286. The molecule has 0 saturated heterocycles. The molecule has 3 aromatic rings. The van der Waals surface area contributed by atoms with Crippen LogP contribution in [0.4, 0.5) is 11.4 Å². The third-order valence-electron chi connectivity index (χ3n) is 6.85. The lowest BCUT2D eigenvalue weighted by atomic mass is 9.77. The monoisotopic (exact) mass is 440 g/mol. The first-order valence-corrected chi connectivity index (χ1v) is 11.4. The number of carbonyl (C=O) groups excluding carboxylic acids is 1. The van der Waals surface area contributed by atoms with E-state index in [0.717, 1.165) is 47.3 Å². The van der Waals surface area contributed by atoms with Gasteiger partial charge in [-0.1, -0.05) is 55.1 Å². The van der Waals surface area contributed by atoms with Crippen molar-refractivity contribution in [3.63, 3.8) is 0 Å². The molecule has 0 amide bonds. The van der Waals surface area contributed by atoms with Crippen LogP contribution in [0, 0.1) is 0 Å². The van der Waals surface area contributed by atoms with Gasteiger partial charge in [-0.3, -0.25) is 4.99 Å². The van der Waals surface area contributed by atoms with Crippen LogP contribution in [-0.2, 0) is 14.9 Å². The molecule has 1 spiro atoms. The van der Waals surface area contributed by atoms with Crippen molar-refractivity contribution in [2.75, 3.05) is 18.1 Å². The smallest absolute Gasteiger partial charge is 0.330 e. The highest BCUT2D eigenvalue weighted by Crippen LogP contribution is 2.54. The normalized spacial score (nSPS) is 19.8. The summed E-state index contributed by atoms with van der Waals surface area (Å²) in [5.74, 6) is 0.410. The third-order valence-corrected chi connectivity index (χ3v) is 6.85. The van der Waals surface area contributed by atoms with Gasteiger partial charge in [-0.25, -0.2) is 4.79 Å². The molecule has 0 aliphatic carbocycles. The minimum atomic E-state index is -0.746. The summed E-state index contributed by atoms with van der Waals surface area (Å²) in [7, 11) is 0. The number of hydrogen-bond acceptors (Lipinski definition) is 5. The summed E-state index contributed by atoms with van der Waals surface area (Å²) in [5.41, 5.74) is 2.19. The van der Waals surface area contributed by atoms with Crippen molar-refractivity contribution in [1.82, 2.24) is 0 Å². The molecule has 33 heavy (non-hydrogen) atoms. The molecule has 2 heterocycles. The number of rotatable bonds is 6. The minimum Gasteiger partial charge on any atom is -0.463 e. The van der Waals surface area contributed by atoms with E-state index in [9.17, 15) is 4.79 Å². The van der Waals surface area contributed by atoms with Gasteiger partial charge < -0.3 is 14.4 Å². The molecule has 2 aliphatic rings. The van der Waals surface area contributed by atoms with Crippen LogP contribution < -0.4 is 9.64 Å². The number of anilines is 1.